The van der Waals surface area contributed by atoms with Gasteiger partial charge in [0.05, 0.1) is 0 Å². The lowest BCUT2D eigenvalue weighted by Crippen LogP contribution is -1.96. The molecule has 0 amide bonds. The fourth-order valence-corrected chi connectivity index (χ4v) is 1.34. The van der Waals surface area contributed by atoms with Crippen molar-refractivity contribution in [1.29, 1.82) is 0 Å². The van der Waals surface area contributed by atoms with Crippen LogP contribution in [-0.4, -0.2) is 5.12 Å². The van der Waals surface area contributed by atoms with Crippen molar-refractivity contribution in [2.75, 3.05) is 0 Å². The lowest BCUT2D eigenvalue weighted by molar-refractivity contribution is -0.111. The fourth-order valence-electron chi connectivity index (χ4n) is 0.558. The molecule has 0 rings (SSSR count). The molecule has 0 fully saturated rings. The van der Waals surface area contributed by atoms with E-state index in [1.807, 2.05) is 12.7 Å². The van der Waals surface area contributed by atoms with Crippen molar-refractivity contribution < 1.29 is 4.79 Å². The van der Waals surface area contributed by atoms with Crippen LogP contribution in [0.15, 0.2) is 0 Å². The normalized spacial score (nSPS) is 10.4. The molecule has 1 radical (unpaired) electrons. The molecule has 0 saturated carbocycles. The van der Waals surface area contributed by atoms with Gasteiger partial charge in [0, 0.05) is 12.2 Å². The average Bonchev–Trinajstić information content (AvgIpc) is 1.82. The molecule has 1 nitrogen and oxygen atoms in total. The maximum atomic E-state index is 10.9. The number of carbonyl (C=O) groups is 1. The van der Waals surface area contributed by atoms with Gasteiger partial charge in [0.15, 0.2) is 5.12 Å². The van der Waals surface area contributed by atoms with Crippen LogP contribution in [0.3, 0.4) is 0 Å². The highest BCUT2D eigenvalue weighted by molar-refractivity contribution is 8.15. The Balaban J connectivity index is 3.26. The van der Waals surface area contributed by atoms with Crippen molar-refractivity contribution in [1.82, 2.24) is 0 Å². The lowest BCUT2D eigenvalue weighted by atomic mass is 10.2. The Morgan fingerprint density at radius 3 is 2.60 bits per heavy atom. The van der Waals surface area contributed by atoms with Crippen LogP contribution in [0, 0.1) is 11.7 Å². The molecule has 0 saturated heterocycles. The Morgan fingerprint density at radius 2 is 2.20 bits per heavy atom. The SMILES string of the molecule is CC[CH]SC(=O)CC(C)C. The predicted molar refractivity (Wildman–Crippen MR) is 46.6 cm³/mol. The van der Waals surface area contributed by atoms with Gasteiger partial charge in [-0.15, -0.1) is 0 Å². The van der Waals surface area contributed by atoms with E-state index < -0.39 is 0 Å². The lowest BCUT2D eigenvalue weighted by Gasteiger charge is -2.00. The van der Waals surface area contributed by atoms with Gasteiger partial charge >= 0.3 is 0 Å². The van der Waals surface area contributed by atoms with Crippen molar-refractivity contribution in [2.24, 2.45) is 5.92 Å². The van der Waals surface area contributed by atoms with Crippen LogP contribution in [0.5, 0.6) is 0 Å². The molecule has 0 spiro atoms. The summed E-state index contributed by atoms with van der Waals surface area (Å²) in [6.07, 6.45) is 1.66. The maximum absolute atomic E-state index is 10.9. The molecule has 0 aromatic carbocycles. The second kappa shape index (κ2) is 5.78. The highest BCUT2D eigenvalue weighted by Gasteiger charge is 2.03. The number of rotatable bonds is 4. The van der Waals surface area contributed by atoms with Crippen LogP contribution in [0.4, 0.5) is 0 Å². The Kier molecular flexibility index (Phi) is 5.79. The molecule has 0 aromatic rings. The van der Waals surface area contributed by atoms with Gasteiger partial charge in [0.1, 0.15) is 0 Å². The molecular formula is C8H15OS. The summed E-state index contributed by atoms with van der Waals surface area (Å²) >= 11 is 1.34. The van der Waals surface area contributed by atoms with Crippen LogP contribution >= 0.6 is 11.8 Å². The summed E-state index contributed by atoms with van der Waals surface area (Å²) in [7, 11) is 0. The van der Waals surface area contributed by atoms with Crippen LogP contribution in [0.2, 0.25) is 0 Å². The van der Waals surface area contributed by atoms with E-state index in [9.17, 15) is 4.79 Å². The molecule has 59 valence electrons. The molecule has 0 heterocycles. The van der Waals surface area contributed by atoms with Crippen molar-refractivity contribution in [3.63, 3.8) is 0 Å². The van der Waals surface area contributed by atoms with Crippen LogP contribution < -0.4 is 0 Å². The van der Waals surface area contributed by atoms with Crippen LogP contribution in [-0.2, 0) is 4.79 Å². The van der Waals surface area contributed by atoms with Gasteiger partial charge in [0.2, 0.25) is 0 Å². The minimum absolute atomic E-state index is 0.289. The smallest absolute Gasteiger partial charge is 0.189 e. The summed E-state index contributed by atoms with van der Waals surface area (Å²) in [6.45, 7) is 6.16. The molecule has 10 heavy (non-hydrogen) atoms. The maximum Gasteiger partial charge on any atom is 0.189 e. The monoisotopic (exact) mass is 159 g/mol. The summed E-state index contributed by atoms with van der Waals surface area (Å²) in [5, 5.41) is 0.289. The minimum atomic E-state index is 0.289. The molecule has 0 bridgehead atoms. The first-order valence-electron chi connectivity index (χ1n) is 3.68. The third-order valence-corrected chi connectivity index (χ3v) is 1.89. The van der Waals surface area contributed by atoms with E-state index in [1.54, 1.807) is 0 Å². The topological polar surface area (TPSA) is 17.1 Å². The molecule has 2 heteroatoms. The zero-order valence-corrected chi connectivity index (χ0v) is 7.70. The van der Waals surface area contributed by atoms with Gasteiger partial charge in [-0.3, -0.25) is 4.79 Å². The van der Waals surface area contributed by atoms with E-state index >= 15 is 0 Å². The molecule has 0 aromatic heterocycles. The first kappa shape index (κ1) is 10.0. The summed E-state index contributed by atoms with van der Waals surface area (Å²) < 4.78 is 0. The van der Waals surface area contributed by atoms with Gasteiger partial charge < -0.3 is 0 Å². The van der Waals surface area contributed by atoms with E-state index in [0.29, 0.717) is 12.3 Å². The van der Waals surface area contributed by atoms with E-state index in [2.05, 4.69) is 13.8 Å². The fraction of sp³-hybridized carbons (Fsp3) is 0.750. The van der Waals surface area contributed by atoms with Gasteiger partial charge in [-0.25, -0.2) is 0 Å². The zero-order valence-electron chi connectivity index (χ0n) is 6.89. The predicted octanol–water partition coefficient (Wildman–Crippen LogP) is 2.86. The van der Waals surface area contributed by atoms with Crippen LogP contribution in [0.1, 0.15) is 33.6 Å². The standard InChI is InChI=1S/C8H15OS/c1-4-5-10-8(9)6-7(2)3/h5,7H,4,6H2,1-3H3. The van der Waals surface area contributed by atoms with Gasteiger partial charge in [-0.1, -0.05) is 32.5 Å². The summed E-state index contributed by atoms with van der Waals surface area (Å²) in [6, 6.07) is 0. The average molecular weight is 159 g/mol. The Labute approximate surface area is 67.6 Å². The minimum Gasteiger partial charge on any atom is -0.287 e. The van der Waals surface area contributed by atoms with E-state index in [0.717, 1.165) is 6.42 Å². The van der Waals surface area contributed by atoms with Crippen molar-refractivity contribution in [3.8, 4) is 0 Å². The van der Waals surface area contributed by atoms with Crippen LogP contribution in [0.25, 0.3) is 0 Å². The second-order valence-electron chi connectivity index (χ2n) is 2.66. The van der Waals surface area contributed by atoms with Crippen molar-refractivity contribution in [2.45, 2.75) is 33.6 Å². The number of carbonyl (C=O) groups excluding carboxylic acids is 1. The summed E-state index contributed by atoms with van der Waals surface area (Å²) in [4.78, 5) is 10.9. The molecule has 0 aliphatic heterocycles. The summed E-state index contributed by atoms with van der Waals surface area (Å²) in [5.41, 5.74) is 0. The molecular weight excluding hydrogens is 144 g/mol. The molecule has 0 unspecified atom stereocenters. The third-order valence-electron chi connectivity index (χ3n) is 0.956. The van der Waals surface area contributed by atoms with Crippen molar-refractivity contribution in [3.05, 3.63) is 5.75 Å². The van der Waals surface area contributed by atoms with Gasteiger partial charge in [-0.05, 0) is 12.3 Å². The first-order chi connectivity index (χ1) is 4.66. The Bertz CT molecular complexity index is 99.4. The zero-order chi connectivity index (χ0) is 7.98. The highest BCUT2D eigenvalue weighted by Crippen LogP contribution is 2.14. The Morgan fingerprint density at radius 1 is 1.60 bits per heavy atom. The molecule has 0 atom stereocenters. The first-order valence-corrected chi connectivity index (χ1v) is 4.56. The molecule has 0 aliphatic carbocycles. The second-order valence-corrected chi connectivity index (χ2v) is 3.69. The van der Waals surface area contributed by atoms with Gasteiger partial charge in [0.25, 0.3) is 0 Å². The third kappa shape index (κ3) is 6.14. The molecule has 0 aliphatic rings. The number of thioether (sulfide) groups is 1. The quantitative estimate of drug-likeness (QED) is 0.627. The number of hydrogen-bond donors (Lipinski definition) is 0. The summed E-state index contributed by atoms with van der Waals surface area (Å²) in [5.74, 6) is 2.44. The van der Waals surface area contributed by atoms with E-state index in [1.165, 1.54) is 11.8 Å². The van der Waals surface area contributed by atoms with E-state index in [-0.39, 0.29) is 5.12 Å². The van der Waals surface area contributed by atoms with Gasteiger partial charge in [-0.2, -0.15) is 0 Å². The molecule has 0 N–H and O–H groups in total. The van der Waals surface area contributed by atoms with Crippen molar-refractivity contribution >= 4 is 16.9 Å². The highest BCUT2D eigenvalue weighted by atomic mass is 32.2. The Hall–Kier alpha value is 0.0200. The van der Waals surface area contributed by atoms with E-state index in [4.69, 9.17) is 0 Å². The number of hydrogen-bond acceptors (Lipinski definition) is 2. The largest absolute Gasteiger partial charge is 0.287 e.